The Morgan fingerprint density at radius 2 is 1.74 bits per heavy atom. The lowest BCUT2D eigenvalue weighted by Crippen LogP contribution is -2.14. The smallest absolute Gasteiger partial charge is 0.255 e. The molecule has 6 heteroatoms. The van der Waals surface area contributed by atoms with Crippen LogP contribution in [0.5, 0.6) is 11.5 Å². The Morgan fingerprint density at radius 1 is 0.968 bits per heavy atom. The van der Waals surface area contributed by atoms with Gasteiger partial charge < -0.3 is 14.8 Å². The Hall–Kier alpha value is -3.41. The average Bonchev–Trinajstić information content (AvgIpc) is 2.75. The first-order valence-electron chi connectivity index (χ1n) is 10.1. The van der Waals surface area contributed by atoms with E-state index in [4.69, 9.17) is 9.47 Å². The van der Waals surface area contributed by atoms with Crippen molar-refractivity contribution in [1.29, 1.82) is 0 Å². The van der Waals surface area contributed by atoms with E-state index in [0.717, 1.165) is 23.4 Å². The monoisotopic (exact) mass is 425 g/mol. The molecule has 3 aromatic carbocycles. The van der Waals surface area contributed by atoms with Crippen molar-refractivity contribution in [3.8, 4) is 11.5 Å². The molecule has 0 heterocycles. The van der Waals surface area contributed by atoms with Crippen molar-refractivity contribution in [2.45, 2.75) is 33.3 Å². The van der Waals surface area contributed by atoms with Crippen LogP contribution in [0.4, 0.5) is 14.5 Å². The van der Waals surface area contributed by atoms with E-state index in [1.807, 2.05) is 31.2 Å². The van der Waals surface area contributed by atoms with Gasteiger partial charge in [-0.3, -0.25) is 4.79 Å². The van der Waals surface area contributed by atoms with Gasteiger partial charge in [0.25, 0.3) is 5.91 Å². The molecule has 1 amide bonds. The number of carbonyl (C=O) groups is 1. The van der Waals surface area contributed by atoms with Gasteiger partial charge in [-0.15, -0.1) is 0 Å². The third-order valence-corrected chi connectivity index (χ3v) is 4.73. The van der Waals surface area contributed by atoms with E-state index >= 15 is 0 Å². The Balaban J connectivity index is 1.83. The number of para-hydroxylation sites is 1. The van der Waals surface area contributed by atoms with Gasteiger partial charge in [-0.1, -0.05) is 32.0 Å². The van der Waals surface area contributed by atoms with E-state index < -0.39 is 17.5 Å². The van der Waals surface area contributed by atoms with Gasteiger partial charge in [-0.2, -0.15) is 0 Å². The Labute approximate surface area is 180 Å². The summed E-state index contributed by atoms with van der Waals surface area (Å²) in [5.41, 5.74) is 1.99. The summed E-state index contributed by atoms with van der Waals surface area (Å²) in [7, 11) is 0. The summed E-state index contributed by atoms with van der Waals surface area (Å²) in [6.45, 7) is 6.71. The van der Waals surface area contributed by atoms with E-state index in [0.29, 0.717) is 29.4 Å². The third-order valence-electron chi connectivity index (χ3n) is 4.73. The number of benzene rings is 3. The first kappa shape index (κ1) is 22.3. The SMILES string of the molecule is CCOc1ccc(C(=O)Nc2ccc(F)cc2F)cc1COc1ccccc1C(C)C. The van der Waals surface area contributed by atoms with Crippen molar-refractivity contribution in [2.24, 2.45) is 0 Å². The number of amides is 1. The maximum absolute atomic E-state index is 13.9. The second kappa shape index (κ2) is 10.1. The molecule has 3 rings (SSSR count). The van der Waals surface area contributed by atoms with Crippen LogP contribution in [0.25, 0.3) is 0 Å². The van der Waals surface area contributed by atoms with Gasteiger partial charge in [-0.25, -0.2) is 8.78 Å². The van der Waals surface area contributed by atoms with Crippen LogP contribution in [-0.4, -0.2) is 12.5 Å². The van der Waals surface area contributed by atoms with E-state index in [2.05, 4.69) is 19.2 Å². The van der Waals surface area contributed by atoms with Crippen molar-refractivity contribution in [2.75, 3.05) is 11.9 Å². The van der Waals surface area contributed by atoms with E-state index in [1.165, 1.54) is 6.07 Å². The maximum atomic E-state index is 13.9. The highest BCUT2D eigenvalue weighted by molar-refractivity contribution is 6.04. The summed E-state index contributed by atoms with van der Waals surface area (Å²) in [6.07, 6.45) is 0. The molecule has 0 saturated heterocycles. The molecule has 3 aromatic rings. The zero-order valence-electron chi connectivity index (χ0n) is 17.7. The van der Waals surface area contributed by atoms with Crippen molar-refractivity contribution in [3.63, 3.8) is 0 Å². The van der Waals surface area contributed by atoms with Crippen LogP contribution in [0.15, 0.2) is 60.7 Å². The highest BCUT2D eigenvalue weighted by Gasteiger charge is 2.15. The fourth-order valence-corrected chi connectivity index (χ4v) is 3.16. The number of ether oxygens (including phenoxy) is 2. The topological polar surface area (TPSA) is 47.6 Å². The molecule has 0 saturated carbocycles. The van der Waals surface area contributed by atoms with Gasteiger partial charge in [0.15, 0.2) is 0 Å². The molecule has 4 nitrogen and oxygen atoms in total. The first-order chi connectivity index (χ1) is 14.9. The minimum absolute atomic E-state index is 0.0936. The average molecular weight is 425 g/mol. The lowest BCUT2D eigenvalue weighted by atomic mass is 10.0. The number of hydrogen-bond donors (Lipinski definition) is 1. The molecule has 0 spiro atoms. The van der Waals surface area contributed by atoms with Gasteiger partial charge in [0.1, 0.15) is 29.7 Å². The maximum Gasteiger partial charge on any atom is 0.255 e. The summed E-state index contributed by atoms with van der Waals surface area (Å²) in [5, 5.41) is 2.47. The molecule has 0 fully saturated rings. The second-order valence-corrected chi connectivity index (χ2v) is 7.32. The Kier molecular flexibility index (Phi) is 7.23. The molecule has 162 valence electrons. The molecule has 0 aliphatic rings. The van der Waals surface area contributed by atoms with Crippen LogP contribution in [0, 0.1) is 11.6 Å². The fraction of sp³-hybridized carbons (Fsp3) is 0.240. The standard InChI is InChI=1S/C25H25F2NO3/c1-4-30-23-12-9-17(25(29)28-22-11-10-19(26)14-21(22)27)13-18(23)15-31-24-8-6-5-7-20(24)16(2)3/h5-14,16H,4,15H2,1-3H3,(H,28,29). The molecule has 1 N–H and O–H groups in total. The van der Waals surface area contributed by atoms with Crippen molar-refractivity contribution in [1.82, 2.24) is 0 Å². The van der Waals surface area contributed by atoms with Crippen molar-refractivity contribution >= 4 is 11.6 Å². The van der Waals surface area contributed by atoms with Crippen LogP contribution in [-0.2, 0) is 6.61 Å². The predicted octanol–water partition coefficient (Wildman–Crippen LogP) is 6.32. The molecule has 0 aromatic heterocycles. The first-order valence-corrected chi connectivity index (χ1v) is 10.1. The molecule has 0 atom stereocenters. The molecule has 0 radical (unpaired) electrons. The highest BCUT2D eigenvalue weighted by atomic mass is 19.1. The Morgan fingerprint density at radius 3 is 2.45 bits per heavy atom. The fourth-order valence-electron chi connectivity index (χ4n) is 3.16. The van der Waals surface area contributed by atoms with Crippen molar-refractivity contribution < 1.29 is 23.0 Å². The minimum atomic E-state index is -0.840. The molecule has 0 aliphatic carbocycles. The minimum Gasteiger partial charge on any atom is -0.493 e. The third kappa shape index (κ3) is 5.60. The molecule has 0 aliphatic heterocycles. The quantitative estimate of drug-likeness (QED) is 0.460. The van der Waals surface area contributed by atoms with Crippen LogP contribution >= 0.6 is 0 Å². The van der Waals surface area contributed by atoms with E-state index in [-0.39, 0.29) is 12.3 Å². The number of nitrogens with one attached hydrogen (secondary N) is 1. The number of carbonyl (C=O) groups excluding carboxylic acids is 1. The van der Waals surface area contributed by atoms with Gasteiger partial charge in [0.2, 0.25) is 0 Å². The summed E-state index contributed by atoms with van der Waals surface area (Å²) >= 11 is 0. The van der Waals surface area contributed by atoms with Crippen molar-refractivity contribution in [3.05, 3.63) is 89.0 Å². The number of rotatable bonds is 8. The van der Waals surface area contributed by atoms with Crippen LogP contribution in [0.3, 0.4) is 0 Å². The van der Waals surface area contributed by atoms with Gasteiger partial charge in [0, 0.05) is 17.2 Å². The lowest BCUT2D eigenvalue weighted by Gasteiger charge is -2.16. The number of halogens is 2. The second-order valence-electron chi connectivity index (χ2n) is 7.32. The van der Waals surface area contributed by atoms with Crippen LogP contribution in [0.1, 0.15) is 48.2 Å². The number of hydrogen-bond acceptors (Lipinski definition) is 3. The molecule has 0 bridgehead atoms. The van der Waals surface area contributed by atoms with Gasteiger partial charge in [-0.05, 0) is 54.8 Å². The molecular weight excluding hydrogens is 400 g/mol. The molecular formula is C25H25F2NO3. The molecule has 31 heavy (non-hydrogen) atoms. The normalized spacial score (nSPS) is 10.8. The zero-order chi connectivity index (χ0) is 22.4. The molecule has 0 unspecified atom stereocenters. The summed E-state index contributed by atoms with van der Waals surface area (Å²) < 4.78 is 38.7. The van der Waals surface area contributed by atoms with Crippen LogP contribution in [0.2, 0.25) is 0 Å². The highest BCUT2D eigenvalue weighted by Crippen LogP contribution is 2.29. The van der Waals surface area contributed by atoms with Gasteiger partial charge >= 0.3 is 0 Å². The lowest BCUT2D eigenvalue weighted by molar-refractivity contribution is 0.102. The summed E-state index contributed by atoms with van der Waals surface area (Å²) in [4.78, 5) is 12.6. The summed E-state index contributed by atoms with van der Waals surface area (Å²) in [5.74, 6) is -0.397. The van der Waals surface area contributed by atoms with Gasteiger partial charge in [0.05, 0.1) is 12.3 Å². The largest absolute Gasteiger partial charge is 0.493 e. The zero-order valence-corrected chi connectivity index (χ0v) is 17.7. The Bertz CT molecular complexity index is 1070. The van der Waals surface area contributed by atoms with E-state index in [9.17, 15) is 13.6 Å². The predicted molar refractivity (Wildman–Crippen MR) is 117 cm³/mol. The van der Waals surface area contributed by atoms with Crippen LogP contribution < -0.4 is 14.8 Å². The summed E-state index contributed by atoms with van der Waals surface area (Å²) in [6, 6.07) is 15.7. The number of anilines is 1. The van der Waals surface area contributed by atoms with E-state index in [1.54, 1.807) is 18.2 Å².